The monoisotopic (exact) mass is 1030 g/mol. The Morgan fingerprint density at radius 1 is 0.296 bits per heavy atom. The number of rotatable bonds is 4. The van der Waals surface area contributed by atoms with E-state index in [-0.39, 0.29) is 0 Å². The van der Waals surface area contributed by atoms with Gasteiger partial charge in [0.15, 0.2) is 0 Å². The molecule has 0 bridgehead atoms. The fourth-order valence-corrected chi connectivity index (χ4v) is 15.9. The smallest absolute Gasteiger partial charge is 0.135 e. The summed E-state index contributed by atoms with van der Waals surface area (Å²) in [5, 5.41) is 7.34. The quantitative estimate of drug-likeness (QED) is 0.175. The Morgan fingerprint density at radius 3 is 1.58 bits per heavy atom. The molecule has 3 aliphatic carbocycles. The Bertz CT molecular complexity index is 5270. The van der Waals surface area contributed by atoms with E-state index in [9.17, 15) is 0 Å². The third-order valence-electron chi connectivity index (χ3n) is 19.0. The molecule has 2 atom stereocenters. The van der Waals surface area contributed by atoms with Crippen molar-refractivity contribution < 1.29 is 4.42 Å². The number of nitrogens with zero attached hydrogens (tertiary/aromatic N) is 2. The number of hydrogen-bond donors (Lipinski definition) is 0. The molecule has 2 unspecified atom stereocenters. The molecule has 2 spiro atoms. The fraction of sp³-hybridized carbons (Fsp3) is 0.0256. The highest BCUT2D eigenvalue weighted by atomic mass is 16.3. The standard InChI is InChI=1S/C78H46N2O/c1-2-17-53-48(16-1)34-42-67-75(53)61-22-5-10-26-65(61)77(67)63-24-8-3-18-54(63)56-40-38-51(45-69(56)77)79(50-36-32-47(33-37-50)49-35-43-74-62(44-49)59-21-7-14-31-73(59)81-74)52-39-41-57-55-19-4-9-25-64(55)78(70(57)46-52)66-27-11-13-30-72(66)80-71-29-12-6-20-58(71)60-23-15-28-68(78)76(60)80/h1-46H. The molecule has 0 N–H and O–H groups in total. The molecule has 0 saturated carbocycles. The fourth-order valence-electron chi connectivity index (χ4n) is 15.9. The van der Waals surface area contributed by atoms with Gasteiger partial charge in [0, 0.05) is 38.6 Å². The van der Waals surface area contributed by atoms with Crippen molar-refractivity contribution >= 4 is 71.6 Å². The van der Waals surface area contributed by atoms with Crippen LogP contribution in [0.4, 0.5) is 17.1 Å². The molecule has 0 amide bonds. The maximum atomic E-state index is 6.29. The molecule has 4 aliphatic rings. The lowest BCUT2D eigenvalue weighted by atomic mass is 9.65. The summed E-state index contributed by atoms with van der Waals surface area (Å²) in [4.78, 5) is 2.53. The van der Waals surface area contributed by atoms with Crippen LogP contribution >= 0.6 is 0 Å². The Balaban J connectivity index is 0.872. The summed E-state index contributed by atoms with van der Waals surface area (Å²) in [6, 6.07) is 105. The SMILES string of the molecule is c1ccc2c(c1)-c1ccc(N(c3ccc(-c4ccc5oc6ccccc6c5c4)cc3)c3ccc4c(c3)C3(c5ccccc5-4)c4ccccc4-n4c5ccccc5c5cccc3c54)cc1C21c2ccccc2-c2c1ccc1ccccc21. The predicted molar refractivity (Wildman–Crippen MR) is 333 cm³/mol. The minimum atomic E-state index is -0.614. The van der Waals surface area contributed by atoms with E-state index in [0.717, 1.165) is 50.1 Å². The molecule has 81 heavy (non-hydrogen) atoms. The van der Waals surface area contributed by atoms with Crippen LogP contribution in [0, 0.1) is 0 Å². The number of para-hydroxylation sites is 4. The summed E-state index contributed by atoms with van der Waals surface area (Å²) < 4.78 is 8.82. The summed E-state index contributed by atoms with van der Waals surface area (Å²) in [6.07, 6.45) is 0. The molecule has 2 aromatic heterocycles. The summed E-state index contributed by atoms with van der Waals surface area (Å²) in [5.74, 6) is 0. The summed E-state index contributed by atoms with van der Waals surface area (Å²) in [5.41, 5.74) is 28.2. The van der Waals surface area contributed by atoms with E-state index in [1.165, 1.54) is 116 Å². The van der Waals surface area contributed by atoms with Gasteiger partial charge in [-0.3, -0.25) is 0 Å². The van der Waals surface area contributed by atoms with Crippen molar-refractivity contribution in [1.82, 2.24) is 4.57 Å². The normalized spacial score (nSPS) is 16.5. The number of furan rings is 1. The highest BCUT2D eigenvalue weighted by Gasteiger charge is 2.53. The van der Waals surface area contributed by atoms with Crippen molar-refractivity contribution in [3.8, 4) is 50.2 Å². The van der Waals surface area contributed by atoms with Crippen molar-refractivity contribution in [1.29, 1.82) is 0 Å². The maximum Gasteiger partial charge on any atom is 0.135 e. The third kappa shape index (κ3) is 5.39. The Kier molecular flexibility index (Phi) is 8.39. The van der Waals surface area contributed by atoms with E-state index < -0.39 is 10.8 Å². The van der Waals surface area contributed by atoms with Crippen LogP contribution in [-0.2, 0) is 10.8 Å². The highest BCUT2D eigenvalue weighted by molar-refractivity contribution is 6.13. The van der Waals surface area contributed by atoms with E-state index in [0.29, 0.717) is 0 Å². The molecule has 19 rings (SSSR count). The van der Waals surface area contributed by atoms with Gasteiger partial charge in [0.25, 0.3) is 0 Å². The van der Waals surface area contributed by atoms with Gasteiger partial charge < -0.3 is 13.9 Å². The first-order valence-corrected chi connectivity index (χ1v) is 28.2. The van der Waals surface area contributed by atoms with Crippen molar-refractivity contribution in [2.45, 2.75) is 10.8 Å². The van der Waals surface area contributed by atoms with Crippen LogP contribution in [0.1, 0.15) is 44.5 Å². The van der Waals surface area contributed by atoms with E-state index in [1.807, 2.05) is 6.07 Å². The van der Waals surface area contributed by atoms with Crippen LogP contribution < -0.4 is 4.90 Å². The van der Waals surface area contributed by atoms with Gasteiger partial charge in [0.05, 0.1) is 27.6 Å². The first kappa shape index (κ1) is 43.5. The molecule has 3 heteroatoms. The van der Waals surface area contributed by atoms with Crippen LogP contribution in [0.5, 0.6) is 0 Å². The average Bonchev–Trinajstić information content (AvgIpc) is 1.76. The largest absolute Gasteiger partial charge is 0.456 e. The number of aromatic nitrogens is 1. The lowest BCUT2D eigenvalue weighted by Crippen LogP contribution is -2.33. The van der Waals surface area contributed by atoms with E-state index in [4.69, 9.17) is 4.42 Å². The summed E-state index contributed by atoms with van der Waals surface area (Å²) >= 11 is 0. The molecule has 3 heterocycles. The zero-order chi connectivity index (χ0) is 52.7. The molecule has 374 valence electrons. The van der Waals surface area contributed by atoms with Gasteiger partial charge in [-0.2, -0.15) is 0 Å². The van der Waals surface area contributed by atoms with Crippen LogP contribution in [0.25, 0.3) is 105 Å². The average molecular weight is 1030 g/mol. The van der Waals surface area contributed by atoms with Crippen molar-refractivity contribution in [2.24, 2.45) is 0 Å². The van der Waals surface area contributed by atoms with Gasteiger partial charge in [-0.25, -0.2) is 0 Å². The molecule has 0 fully saturated rings. The van der Waals surface area contributed by atoms with Gasteiger partial charge >= 0.3 is 0 Å². The summed E-state index contributed by atoms with van der Waals surface area (Å²) in [6.45, 7) is 0. The van der Waals surface area contributed by atoms with Crippen LogP contribution in [-0.4, -0.2) is 4.57 Å². The van der Waals surface area contributed by atoms with Gasteiger partial charge in [-0.1, -0.05) is 212 Å². The number of anilines is 3. The number of benzene rings is 13. The molecule has 1 aliphatic heterocycles. The molecular weight excluding hydrogens is 981 g/mol. The molecular formula is C78H46N2O. The van der Waals surface area contributed by atoms with E-state index in [2.05, 4.69) is 282 Å². The first-order chi connectivity index (χ1) is 40.2. The Labute approximate surface area is 467 Å². The minimum absolute atomic E-state index is 0.546. The van der Waals surface area contributed by atoms with E-state index in [1.54, 1.807) is 0 Å². The van der Waals surface area contributed by atoms with Crippen LogP contribution in [0.15, 0.2) is 283 Å². The third-order valence-corrected chi connectivity index (χ3v) is 19.0. The second-order valence-corrected chi connectivity index (χ2v) is 22.6. The Morgan fingerprint density at radius 2 is 0.827 bits per heavy atom. The molecule has 3 nitrogen and oxygen atoms in total. The summed E-state index contributed by atoms with van der Waals surface area (Å²) in [7, 11) is 0. The molecule has 15 aromatic rings. The molecule has 0 radical (unpaired) electrons. The van der Waals surface area contributed by atoms with E-state index >= 15 is 0 Å². The maximum absolute atomic E-state index is 6.29. The van der Waals surface area contributed by atoms with Crippen molar-refractivity contribution in [2.75, 3.05) is 4.90 Å². The van der Waals surface area contributed by atoms with Crippen molar-refractivity contribution in [3.05, 3.63) is 324 Å². The van der Waals surface area contributed by atoms with Crippen LogP contribution in [0.2, 0.25) is 0 Å². The number of hydrogen-bond acceptors (Lipinski definition) is 2. The second-order valence-electron chi connectivity index (χ2n) is 22.6. The first-order valence-electron chi connectivity index (χ1n) is 28.2. The topological polar surface area (TPSA) is 21.3 Å². The van der Waals surface area contributed by atoms with Gasteiger partial charge in [0.1, 0.15) is 11.2 Å². The molecule has 13 aromatic carbocycles. The van der Waals surface area contributed by atoms with Crippen molar-refractivity contribution in [3.63, 3.8) is 0 Å². The highest BCUT2D eigenvalue weighted by Crippen LogP contribution is 2.66. The second kappa shape index (κ2) is 15.6. The zero-order valence-corrected chi connectivity index (χ0v) is 43.9. The molecule has 0 saturated heterocycles. The lowest BCUT2D eigenvalue weighted by molar-refractivity contribution is 0.669. The minimum Gasteiger partial charge on any atom is -0.456 e. The Hall–Kier alpha value is -10.5. The lowest BCUT2D eigenvalue weighted by Gasteiger charge is -2.40. The zero-order valence-electron chi connectivity index (χ0n) is 43.9. The van der Waals surface area contributed by atoms with Gasteiger partial charge in [-0.15, -0.1) is 0 Å². The predicted octanol–water partition coefficient (Wildman–Crippen LogP) is 20.0. The van der Waals surface area contributed by atoms with Gasteiger partial charge in [0.2, 0.25) is 0 Å². The number of fused-ring (bicyclic) bond motifs is 27. The van der Waals surface area contributed by atoms with Gasteiger partial charge in [-0.05, 0) is 167 Å². The van der Waals surface area contributed by atoms with Crippen LogP contribution in [0.3, 0.4) is 0 Å².